The smallest absolute Gasteiger partial charge is 0.144 e. The number of nitrogens with two attached hydrogens (primary N) is 1. The van der Waals surface area contributed by atoms with Crippen LogP contribution in [0.5, 0.6) is 0 Å². The first-order valence-corrected chi connectivity index (χ1v) is 5.63. The van der Waals surface area contributed by atoms with Crippen molar-refractivity contribution in [2.45, 2.75) is 39.2 Å². The fraction of sp³-hybridized carbons (Fsp3) is 0.500. The number of nitrogens with one attached hydrogen (secondary N) is 1. The maximum absolute atomic E-state index is 8.97. The summed E-state index contributed by atoms with van der Waals surface area (Å²) < 4.78 is 0. The third-order valence-corrected chi connectivity index (χ3v) is 2.50. The van der Waals surface area contributed by atoms with Crippen LogP contribution < -0.4 is 11.1 Å². The highest BCUT2D eigenvalue weighted by molar-refractivity contribution is 5.57. The lowest BCUT2D eigenvalue weighted by Crippen LogP contribution is -2.19. The van der Waals surface area contributed by atoms with Crippen molar-refractivity contribution in [3.05, 3.63) is 17.8 Å². The molecule has 0 radical (unpaired) electrons. The number of nitrogen functional groups attached to an aromatic ring is 1. The first-order valence-electron chi connectivity index (χ1n) is 5.63. The van der Waals surface area contributed by atoms with E-state index in [0.717, 1.165) is 19.3 Å². The Kier molecular flexibility index (Phi) is 4.59. The van der Waals surface area contributed by atoms with Gasteiger partial charge in [0.2, 0.25) is 0 Å². The van der Waals surface area contributed by atoms with Gasteiger partial charge in [0.25, 0.3) is 0 Å². The lowest BCUT2D eigenvalue weighted by Gasteiger charge is -2.17. The molecule has 1 aromatic heterocycles. The molecule has 86 valence electrons. The van der Waals surface area contributed by atoms with Crippen LogP contribution in [0, 0.1) is 11.3 Å². The summed E-state index contributed by atoms with van der Waals surface area (Å²) in [4.78, 5) is 4.16. The van der Waals surface area contributed by atoms with E-state index in [1.807, 2.05) is 0 Å². The summed E-state index contributed by atoms with van der Waals surface area (Å²) in [6.07, 6.45) is 4.78. The molecule has 0 aliphatic carbocycles. The third kappa shape index (κ3) is 3.13. The van der Waals surface area contributed by atoms with Crippen LogP contribution in [0.3, 0.4) is 0 Å². The molecule has 0 spiro atoms. The van der Waals surface area contributed by atoms with Gasteiger partial charge in [0.1, 0.15) is 11.9 Å². The van der Waals surface area contributed by atoms with Crippen molar-refractivity contribution in [3.63, 3.8) is 0 Å². The van der Waals surface area contributed by atoms with Crippen LogP contribution in [0.4, 0.5) is 11.5 Å². The minimum Gasteiger partial charge on any atom is -0.397 e. The minimum absolute atomic E-state index is 0.369. The van der Waals surface area contributed by atoms with E-state index >= 15 is 0 Å². The van der Waals surface area contributed by atoms with Crippen LogP contribution in [0.25, 0.3) is 0 Å². The van der Waals surface area contributed by atoms with Crippen molar-refractivity contribution in [2.24, 2.45) is 0 Å². The maximum Gasteiger partial charge on any atom is 0.144 e. The molecule has 4 nitrogen and oxygen atoms in total. The van der Waals surface area contributed by atoms with Crippen LogP contribution in [0.2, 0.25) is 0 Å². The molecule has 4 heteroatoms. The van der Waals surface area contributed by atoms with Gasteiger partial charge in [-0.15, -0.1) is 0 Å². The van der Waals surface area contributed by atoms with Crippen molar-refractivity contribution in [1.29, 1.82) is 5.26 Å². The topological polar surface area (TPSA) is 74.7 Å². The first-order chi connectivity index (χ1) is 7.71. The summed E-state index contributed by atoms with van der Waals surface area (Å²) >= 11 is 0. The van der Waals surface area contributed by atoms with Crippen LogP contribution in [0.15, 0.2) is 12.3 Å². The Morgan fingerprint density at radius 1 is 1.56 bits per heavy atom. The van der Waals surface area contributed by atoms with Gasteiger partial charge in [-0.05, 0) is 18.9 Å². The fourth-order valence-corrected chi connectivity index (χ4v) is 1.60. The van der Waals surface area contributed by atoms with E-state index in [1.165, 1.54) is 0 Å². The van der Waals surface area contributed by atoms with E-state index in [2.05, 4.69) is 30.2 Å². The molecular weight excluding hydrogens is 200 g/mol. The zero-order chi connectivity index (χ0) is 12.0. The van der Waals surface area contributed by atoms with Crippen molar-refractivity contribution < 1.29 is 0 Å². The normalized spacial score (nSPS) is 11.8. The molecule has 0 saturated heterocycles. The third-order valence-electron chi connectivity index (χ3n) is 2.50. The molecule has 0 aliphatic rings. The lowest BCUT2D eigenvalue weighted by molar-refractivity contribution is 0.620. The van der Waals surface area contributed by atoms with E-state index in [1.54, 1.807) is 12.3 Å². The van der Waals surface area contributed by atoms with Crippen molar-refractivity contribution in [1.82, 2.24) is 4.98 Å². The Bertz CT molecular complexity index is 381. The Balaban J connectivity index is 2.83. The molecule has 1 heterocycles. The van der Waals surface area contributed by atoms with E-state index in [0.29, 0.717) is 23.1 Å². The molecule has 1 atom stereocenters. The first kappa shape index (κ1) is 12.3. The highest BCUT2D eigenvalue weighted by Crippen LogP contribution is 2.17. The summed E-state index contributed by atoms with van der Waals surface area (Å²) in [5, 5.41) is 12.3. The Hall–Kier alpha value is -1.76. The molecular formula is C12H18N4. The van der Waals surface area contributed by atoms with Gasteiger partial charge in [-0.25, -0.2) is 4.98 Å². The summed E-state index contributed by atoms with van der Waals surface area (Å²) in [5.41, 5.74) is 6.61. The quantitative estimate of drug-likeness (QED) is 0.796. The maximum atomic E-state index is 8.97. The second-order valence-corrected chi connectivity index (χ2v) is 3.81. The molecule has 0 bridgehead atoms. The number of rotatable bonds is 5. The van der Waals surface area contributed by atoms with Gasteiger partial charge >= 0.3 is 0 Å². The zero-order valence-corrected chi connectivity index (χ0v) is 9.83. The molecule has 16 heavy (non-hydrogen) atoms. The predicted molar refractivity (Wildman–Crippen MR) is 66.0 cm³/mol. The number of anilines is 2. The van der Waals surface area contributed by atoms with E-state index in [4.69, 9.17) is 11.0 Å². The molecule has 0 aromatic carbocycles. The predicted octanol–water partition coefficient (Wildman–Crippen LogP) is 2.53. The fourth-order valence-electron chi connectivity index (χ4n) is 1.60. The van der Waals surface area contributed by atoms with Crippen LogP contribution in [-0.2, 0) is 0 Å². The van der Waals surface area contributed by atoms with Crippen molar-refractivity contribution in [2.75, 3.05) is 11.1 Å². The van der Waals surface area contributed by atoms with Gasteiger partial charge in [0.15, 0.2) is 0 Å². The Morgan fingerprint density at radius 2 is 2.31 bits per heavy atom. The van der Waals surface area contributed by atoms with Gasteiger partial charge < -0.3 is 11.1 Å². The van der Waals surface area contributed by atoms with Crippen molar-refractivity contribution >= 4 is 11.5 Å². The van der Waals surface area contributed by atoms with Crippen LogP contribution >= 0.6 is 0 Å². The summed E-state index contributed by atoms with van der Waals surface area (Å²) in [6.45, 7) is 4.27. The molecule has 1 unspecified atom stereocenters. The highest BCUT2D eigenvalue weighted by atomic mass is 15.0. The summed E-state index contributed by atoms with van der Waals surface area (Å²) in [5.74, 6) is 0.636. The monoisotopic (exact) mass is 218 g/mol. The van der Waals surface area contributed by atoms with E-state index < -0.39 is 0 Å². The van der Waals surface area contributed by atoms with E-state index in [-0.39, 0.29) is 0 Å². The number of pyridine rings is 1. The van der Waals surface area contributed by atoms with Gasteiger partial charge in [-0.1, -0.05) is 20.3 Å². The standard InChI is InChI=1S/C12H18N4/c1-3-5-11(4-2)16-12-9(7-13)6-10(14)8-15-12/h6,8,11H,3-5,14H2,1-2H3,(H,15,16). The number of nitrogens with zero attached hydrogens (tertiary/aromatic N) is 2. The number of aromatic nitrogens is 1. The summed E-state index contributed by atoms with van der Waals surface area (Å²) in [6, 6.07) is 4.12. The second kappa shape index (κ2) is 5.96. The van der Waals surface area contributed by atoms with Gasteiger partial charge in [0.05, 0.1) is 17.4 Å². The Labute approximate surface area is 96.5 Å². The number of hydrogen-bond donors (Lipinski definition) is 2. The minimum atomic E-state index is 0.369. The SMILES string of the molecule is CCCC(CC)Nc1ncc(N)cc1C#N. The molecule has 3 N–H and O–H groups in total. The Morgan fingerprint density at radius 3 is 2.88 bits per heavy atom. The average molecular weight is 218 g/mol. The van der Waals surface area contributed by atoms with Crippen LogP contribution in [-0.4, -0.2) is 11.0 Å². The molecule has 0 saturated carbocycles. The van der Waals surface area contributed by atoms with Gasteiger partial charge in [-0.2, -0.15) is 5.26 Å². The van der Waals surface area contributed by atoms with E-state index in [9.17, 15) is 0 Å². The molecule has 0 fully saturated rings. The summed E-state index contributed by atoms with van der Waals surface area (Å²) in [7, 11) is 0. The zero-order valence-electron chi connectivity index (χ0n) is 9.83. The number of nitriles is 1. The van der Waals surface area contributed by atoms with Gasteiger partial charge in [0, 0.05) is 6.04 Å². The molecule has 1 aromatic rings. The van der Waals surface area contributed by atoms with Crippen molar-refractivity contribution in [3.8, 4) is 6.07 Å². The molecule has 0 aliphatic heterocycles. The van der Waals surface area contributed by atoms with Gasteiger partial charge in [-0.3, -0.25) is 0 Å². The van der Waals surface area contributed by atoms with Crippen LogP contribution in [0.1, 0.15) is 38.7 Å². The lowest BCUT2D eigenvalue weighted by atomic mass is 10.1. The number of hydrogen-bond acceptors (Lipinski definition) is 4. The highest BCUT2D eigenvalue weighted by Gasteiger charge is 2.09. The average Bonchev–Trinajstić information content (AvgIpc) is 2.30. The second-order valence-electron chi connectivity index (χ2n) is 3.81. The molecule has 0 amide bonds. The molecule has 1 rings (SSSR count). The largest absolute Gasteiger partial charge is 0.397 e.